The van der Waals surface area contributed by atoms with Gasteiger partial charge in [0.25, 0.3) is 11.8 Å². The molecule has 0 aliphatic carbocycles. The predicted molar refractivity (Wildman–Crippen MR) is 70.5 cm³/mol. The lowest BCUT2D eigenvalue weighted by Crippen LogP contribution is -2.09. The number of rotatable bonds is 4. The minimum absolute atomic E-state index is 0.117. The Bertz CT molecular complexity index is 699. The van der Waals surface area contributed by atoms with Crippen molar-refractivity contribution in [1.82, 2.24) is 9.97 Å². The minimum atomic E-state index is -0.917. The Morgan fingerprint density at radius 3 is 2.52 bits per heavy atom. The number of halogens is 2. The van der Waals surface area contributed by atoms with Crippen molar-refractivity contribution in [3.63, 3.8) is 0 Å². The van der Waals surface area contributed by atoms with Gasteiger partial charge < -0.3 is 9.47 Å². The molecule has 0 aliphatic rings. The van der Waals surface area contributed by atoms with E-state index < -0.39 is 17.5 Å². The second-order valence-electron chi connectivity index (χ2n) is 4.29. The molecule has 0 radical (unpaired) electrons. The molecular weight excluding hydrogens is 280 g/mol. The SMILES string of the molecule is [C-]#[N+]c1ccc(Oc2ncnc(OC(C)C)c2F)c(F)c1. The lowest BCUT2D eigenvalue weighted by molar-refractivity contribution is 0.216. The van der Waals surface area contributed by atoms with Crippen LogP contribution in [-0.4, -0.2) is 16.1 Å². The van der Waals surface area contributed by atoms with Crippen LogP contribution in [0.3, 0.4) is 0 Å². The summed E-state index contributed by atoms with van der Waals surface area (Å²) in [6, 6.07) is 3.58. The Kier molecular flexibility index (Phi) is 4.28. The van der Waals surface area contributed by atoms with E-state index >= 15 is 0 Å². The number of aromatic nitrogens is 2. The fourth-order valence-electron chi connectivity index (χ4n) is 1.46. The van der Waals surface area contributed by atoms with Crippen LogP contribution >= 0.6 is 0 Å². The standard InChI is InChI=1S/C14H11F2N3O2/c1-8(2)20-13-12(16)14(19-7-18-13)21-11-5-4-9(17-3)6-10(11)15/h4-8H,1-2H3. The maximum Gasteiger partial charge on any atom is 0.263 e. The van der Waals surface area contributed by atoms with Gasteiger partial charge in [0.05, 0.1) is 12.7 Å². The first-order valence-corrected chi connectivity index (χ1v) is 6.03. The minimum Gasteiger partial charge on any atom is -0.473 e. The van der Waals surface area contributed by atoms with Crippen LogP contribution in [-0.2, 0) is 0 Å². The fourth-order valence-corrected chi connectivity index (χ4v) is 1.46. The highest BCUT2D eigenvalue weighted by Gasteiger charge is 2.17. The molecule has 1 heterocycles. The summed E-state index contributed by atoms with van der Waals surface area (Å²) < 4.78 is 38.0. The zero-order valence-corrected chi connectivity index (χ0v) is 11.3. The molecule has 0 bridgehead atoms. The summed E-state index contributed by atoms with van der Waals surface area (Å²) >= 11 is 0. The Morgan fingerprint density at radius 1 is 1.19 bits per heavy atom. The van der Waals surface area contributed by atoms with Crippen molar-refractivity contribution in [2.75, 3.05) is 0 Å². The smallest absolute Gasteiger partial charge is 0.263 e. The van der Waals surface area contributed by atoms with E-state index in [9.17, 15) is 8.78 Å². The van der Waals surface area contributed by atoms with Gasteiger partial charge in [0.2, 0.25) is 5.82 Å². The van der Waals surface area contributed by atoms with Crippen LogP contribution in [0.4, 0.5) is 14.5 Å². The van der Waals surface area contributed by atoms with Gasteiger partial charge in [0, 0.05) is 0 Å². The molecule has 1 aromatic carbocycles. The van der Waals surface area contributed by atoms with Crippen molar-refractivity contribution in [1.29, 1.82) is 0 Å². The molecular formula is C14H11F2N3O2. The Balaban J connectivity index is 2.30. The Hall–Kier alpha value is -2.75. The van der Waals surface area contributed by atoms with Crippen LogP contribution in [0.2, 0.25) is 0 Å². The van der Waals surface area contributed by atoms with E-state index in [1.807, 2.05) is 0 Å². The second-order valence-corrected chi connectivity index (χ2v) is 4.29. The Morgan fingerprint density at radius 2 is 1.90 bits per heavy atom. The van der Waals surface area contributed by atoms with Crippen molar-refractivity contribution in [2.24, 2.45) is 0 Å². The van der Waals surface area contributed by atoms with Gasteiger partial charge in [-0.25, -0.2) is 9.24 Å². The van der Waals surface area contributed by atoms with Gasteiger partial charge in [0.15, 0.2) is 17.3 Å². The first-order valence-electron chi connectivity index (χ1n) is 6.03. The second kappa shape index (κ2) is 6.13. The van der Waals surface area contributed by atoms with Crippen molar-refractivity contribution >= 4 is 5.69 Å². The normalized spacial score (nSPS) is 10.3. The van der Waals surface area contributed by atoms with Crippen LogP contribution < -0.4 is 9.47 Å². The quantitative estimate of drug-likeness (QED) is 0.802. The third kappa shape index (κ3) is 3.42. The maximum atomic E-state index is 14.0. The van der Waals surface area contributed by atoms with Crippen molar-refractivity contribution < 1.29 is 18.3 Å². The van der Waals surface area contributed by atoms with E-state index in [0.717, 1.165) is 12.4 Å². The lowest BCUT2D eigenvalue weighted by Gasteiger charge is -2.11. The highest BCUT2D eigenvalue weighted by molar-refractivity contribution is 5.48. The lowest BCUT2D eigenvalue weighted by atomic mass is 10.3. The summed E-state index contributed by atoms with van der Waals surface area (Å²) in [5, 5.41) is 0. The topological polar surface area (TPSA) is 48.6 Å². The molecule has 21 heavy (non-hydrogen) atoms. The summed E-state index contributed by atoms with van der Waals surface area (Å²) in [4.78, 5) is 10.3. The third-order valence-electron chi connectivity index (χ3n) is 2.32. The van der Waals surface area contributed by atoms with Crippen LogP contribution in [0, 0.1) is 18.2 Å². The van der Waals surface area contributed by atoms with E-state index in [2.05, 4.69) is 14.8 Å². The molecule has 0 saturated heterocycles. The average molecular weight is 291 g/mol. The van der Waals surface area contributed by atoms with Gasteiger partial charge in [-0.3, -0.25) is 0 Å². The predicted octanol–water partition coefficient (Wildman–Crippen LogP) is 3.89. The van der Waals surface area contributed by atoms with Crippen molar-refractivity contribution in [3.8, 4) is 17.5 Å². The van der Waals surface area contributed by atoms with E-state index in [1.165, 1.54) is 12.1 Å². The maximum absolute atomic E-state index is 14.0. The van der Waals surface area contributed by atoms with Gasteiger partial charge >= 0.3 is 0 Å². The summed E-state index contributed by atoms with van der Waals surface area (Å²) in [6.45, 7) is 10.2. The van der Waals surface area contributed by atoms with Gasteiger partial charge in [-0.2, -0.15) is 14.4 Å². The molecule has 7 heteroatoms. The number of benzene rings is 1. The van der Waals surface area contributed by atoms with Crippen LogP contribution in [0.15, 0.2) is 24.5 Å². The molecule has 0 amide bonds. The van der Waals surface area contributed by atoms with Crippen molar-refractivity contribution in [3.05, 3.63) is 47.6 Å². The van der Waals surface area contributed by atoms with Crippen LogP contribution in [0.1, 0.15) is 13.8 Å². The molecule has 0 unspecified atom stereocenters. The fraction of sp³-hybridized carbons (Fsp3) is 0.214. The molecule has 2 rings (SSSR count). The van der Waals surface area contributed by atoms with E-state index in [4.69, 9.17) is 16.0 Å². The average Bonchev–Trinajstić information content (AvgIpc) is 2.44. The van der Waals surface area contributed by atoms with Gasteiger partial charge in [-0.15, -0.1) is 0 Å². The molecule has 108 valence electrons. The van der Waals surface area contributed by atoms with Gasteiger partial charge in [0.1, 0.15) is 6.33 Å². The van der Waals surface area contributed by atoms with Gasteiger partial charge in [-0.1, -0.05) is 6.07 Å². The van der Waals surface area contributed by atoms with E-state index in [-0.39, 0.29) is 23.4 Å². The number of ether oxygens (including phenoxy) is 2. The summed E-state index contributed by atoms with van der Waals surface area (Å²) in [5.74, 6) is -2.66. The number of hydrogen-bond acceptors (Lipinski definition) is 4. The summed E-state index contributed by atoms with van der Waals surface area (Å²) in [5.41, 5.74) is 0.117. The molecule has 1 aromatic heterocycles. The van der Waals surface area contributed by atoms with Crippen LogP contribution in [0.5, 0.6) is 17.5 Å². The van der Waals surface area contributed by atoms with E-state index in [1.54, 1.807) is 13.8 Å². The van der Waals surface area contributed by atoms with Gasteiger partial charge in [-0.05, 0) is 26.0 Å². The van der Waals surface area contributed by atoms with Crippen molar-refractivity contribution in [2.45, 2.75) is 20.0 Å². The zero-order valence-electron chi connectivity index (χ0n) is 11.3. The summed E-state index contributed by atoms with van der Waals surface area (Å²) in [6.07, 6.45) is 0.776. The molecule has 2 aromatic rings. The molecule has 0 fully saturated rings. The highest BCUT2D eigenvalue weighted by atomic mass is 19.1. The molecule has 0 atom stereocenters. The molecule has 5 nitrogen and oxygen atoms in total. The molecule has 0 aliphatic heterocycles. The number of nitrogens with zero attached hydrogens (tertiary/aromatic N) is 3. The summed E-state index contributed by atoms with van der Waals surface area (Å²) in [7, 11) is 0. The molecule has 0 saturated carbocycles. The monoisotopic (exact) mass is 291 g/mol. The third-order valence-corrected chi connectivity index (χ3v) is 2.32. The first kappa shape index (κ1) is 14.7. The number of hydrogen-bond donors (Lipinski definition) is 0. The molecule has 0 spiro atoms. The highest BCUT2D eigenvalue weighted by Crippen LogP contribution is 2.30. The largest absolute Gasteiger partial charge is 0.473 e. The van der Waals surface area contributed by atoms with Crippen LogP contribution in [0.25, 0.3) is 4.85 Å². The zero-order chi connectivity index (χ0) is 15.4. The first-order chi connectivity index (χ1) is 10.0. The Labute approximate surface area is 120 Å². The molecule has 0 N–H and O–H groups in total. The van der Waals surface area contributed by atoms with E-state index in [0.29, 0.717) is 0 Å².